The van der Waals surface area contributed by atoms with E-state index in [1.807, 2.05) is 0 Å². The molecule has 0 spiro atoms. The van der Waals surface area contributed by atoms with Crippen LogP contribution in [0, 0.1) is 5.82 Å². The van der Waals surface area contributed by atoms with Gasteiger partial charge in [0.1, 0.15) is 11.9 Å². The van der Waals surface area contributed by atoms with E-state index in [0.717, 1.165) is 5.56 Å². The fraction of sp³-hybridized carbons (Fsp3) is 0.357. The van der Waals surface area contributed by atoms with Crippen molar-refractivity contribution < 1.29 is 18.8 Å². The minimum Gasteiger partial charge on any atom is -0.322 e. The lowest BCUT2D eigenvalue weighted by atomic mass is 10.0. The third-order valence-corrected chi connectivity index (χ3v) is 4.55. The lowest BCUT2D eigenvalue weighted by Gasteiger charge is -2.29. The lowest BCUT2D eigenvalue weighted by molar-refractivity contribution is -0.136. The average molecular weight is 308 g/mol. The number of imide groups is 1. The van der Waals surface area contributed by atoms with Gasteiger partial charge in [-0.2, -0.15) is 0 Å². The summed E-state index contributed by atoms with van der Waals surface area (Å²) < 4.78 is 13.8. The molecule has 1 unspecified atom stereocenters. The molecule has 1 aromatic carbocycles. The highest BCUT2D eigenvalue weighted by Crippen LogP contribution is 2.31. The molecule has 1 fully saturated rings. The van der Waals surface area contributed by atoms with E-state index in [1.165, 1.54) is 22.7 Å². The van der Waals surface area contributed by atoms with Gasteiger partial charge in [-0.15, -0.1) is 11.8 Å². The molecule has 0 saturated carbocycles. The fourth-order valence-electron chi connectivity index (χ4n) is 2.72. The van der Waals surface area contributed by atoms with Gasteiger partial charge in [-0.1, -0.05) is 0 Å². The van der Waals surface area contributed by atoms with Crippen molar-refractivity contribution in [3.63, 3.8) is 0 Å². The second-order valence-corrected chi connectivity index (χ2v) is 5.89. The van der Waals surface area contributed by atoms with Crippen molar-refractivity contribution in [1.82, 2.24) is 10.2 Å². The summed E-state index contributed by atoms with van der Waals surface area (Å²) in [5, 5.41) is 2.24. The Morgan fingerprint density at radius 3 is 2.76 bits per heavy atom. The monoisotopic (exact) mass is 308 g/mol. The van der Waals surface area contributed by atoms with Crippen LogP contribution in [0.15, 0.2) is 17.0 Å². The molecule has 0 aliphatic carbocycles. The van der Waals surface area contributed by atoms with E-state index in [-0.39, 0.29) is 24.8 Å². The summed E-state index contributed by atoms with van der Waals surface area (Å²) >= 11 is 1.27. The fourth-order valence-corrected chi connectivity index (χ4v) is 3.24. The molecule has 0 bridgehead atoms. The van der Waals surface area contributed by atoms with Crippen LogP contribution in [-0.4, -0.2) is 34.9 Å². The number of hydrogen-bond donors (Lipinski definition) is 1. The Labute approximate surface area is 124 Å². The van der Waals surface area contributed by atoms with Gasteiger partial charge in [-0.25, -0.2) is 4.39 Å². The Balaban J connectivity index is 1.90. The number of nitrogens with one attached hydrogen (secondary N) is 1. The molecular weight excluding hydrogens is 295 g/mol. The van der Waals surface area contributed by atoms with Crippen LogP contribution >= 0.6 is 11.8 Å². The van der Waals surface area contributed by atoms with Crippen molar-refractivity contribution in [2.24, 2.45) is 0 Å². The first-order chi connectivity index (χ1) is 10.0. The van der Waals surface area contributed by atoms with Gasteiger partial charge >= 0.3 is 0 Å². The van der Waals surface area contributed by atoms with Gasteiger partial charge in [-0.05, 0) is 30.4 Å². The molecule has 2 heterocycles. The molecular formula is C14H13FN2O3S. The summed E-state index contributed by atoms with van der Waals surface area (Å²) in [6.45, 7) is 0.272. The number of benzene rings is 1. The van der Waals surface area contributed by atoms with Crippen molar-refractivity contribution >= 4 is 29.5 Å². The SMILES string of the molecule is CSc1cc2c(cc1F)C(=O)N(C1CCC(=O)NC1=O)C2. The van der Waals surface area contributed by atoms with E-state index in [1.54, 1.807) is 12.3 Å². The molecule has 3 rings (SSSR count). The quantitative estimate of drug-likeness (QED) is 0.661. The maximum atomic E-state index is 13.8. The molecule has 1 N–H and O–H groups in total. The second-order valence-electron chi connectivity index (χ2n) is 5.04. The largest absolute Gasteiger partial charge is 0.322 e. The molecule has 110 valence electrons. The number of rotatable bonds is 2. The van der Waals surface area contributed by atoms with Crippen LogP contribution in [0.2, 0.25) is 0 Å². The van der Waals surface area contributed by atoms with Crippen LogP contribution in [0.3, 0.4) is 0 Å². The van der Waals surface area contributed by atoms with Gasteiger partial charge in [0.25, 0.3) is 5.91 Å². The van der Waals surface area contributed by atoms with Gasteiger partial charge in [-0.3, -0.25) is 19.7 Å². The number of hydrogen-bond acceptors (Lipinski definition) is 4. The third kappa shape index (κ3) is 2.31. The zero-order valence-corrected chi connectivity index (χ0v) is 12.1. The number of nitrogens with zero attached hydrogens (tertiary/aromatic N) is 1. The second kappa shape index (κ2) is 5.14. The maximum absolute atomic E-state index is 13.8. The van der Waals surface area contributed by atoms with E-state index in [0.29, 0.717) is 16.9 Å². The number of halogens is 1. The molecule has 1 saturated heterocycles. The average Bonchev–Trinajstić information content (AvgIpc) is 2.75. The van der Waals surface area contributed by atoms with Crippen LogP contribution in [-0.2, 0) is 16.1 Å². The molecule has 5 nitrogen and oxygen atoms in total. The Hall–Kier alpha value is -1.89. The standard InChI is InChI=1S/C14H13FN2O3S/c1-21-11-4-7-6-17(14(20)8(7)5-9(11)15)10-2-3-12(18)16-13(10)19/h4-5,10H,2-3,6H2,1H3,(H,16,18,19). The zero-order valence-electron chi connectivity index (χ0n) is 11.3. The number of amides is 3. The molecule has 1 aromatic rings. The summed E-state index contributed by atoms with van der Waals surface area (Å²) in [7, 11) is 0. The summed E-state index contributed by atoms with van der Waals surface area (Å²) in [4.78, 5) is 37.3. The smallest absolute Gasteiger partial charge is 0.255 e. The summed E-state index contributed by atoms with van der Waals surface area (Å²) in [5.41, 5.74) is 1.02. The van der Waals surface area contributed by atoms with Gasteiger partial charge in [0.15, 0.2) is 0 Å². The highest BCUT2D eigenvalue weighted by Gasteiger charge is 2.39. The third-order valence-electron chi connectivity index (χ3n) is 3.80. The molecule has 7 heteroatoms. The minimum atomic E-state index is -0.664. The molecule has 3 amide bonds. The Kier molecular flexibility index (Phi) is 3.44. The normalized spacial score (nSPS) is 21.5. The van der Waals surface area contributed by atoms with Crippen LogP contribution < -0.4 is 5.32 Å². The summed E-state index contributed by atoms with van der Waals surface area (Å²) in [6.07, 6.45) is 2.28. The predicted octanol–water partition coefficient (Wildman–Crippen LogP) is 1.31. The van der Waals surface area contributed by atoms with E-state index in [4.69, 9.17) is 0 Å². The van der Waals surface area contributed by atoms with Crippen LogP contribution in [0.4, 0.5) is 4.39 Å². The number of piperidine rings is 1. The molecule has 0 radical (unpaired) electrons. The highest BCUT2D eigenvalue weighted by atomic mass is 32.2. The first-order valence-corrected chi connectivity index (χ1v) is 7.75. The molecule has 0 aromatic heterocycles. The minimum absolute atomic E-state index is 0.209. The maximum Gasteiger partial charge on any atom is 0.255 e. The van der Waals surface area contributed by atoms with Crippen LogP contribution in [0.1, 0.15) is 28.8 Å². The van der Waals surface area contributed by atoms with Crippen LogP contribution in [0.5, 0.6) is 0 Å². The first-order valence-electron chi connectivity index (χ1n) is 6.52. The highest BCUT2D eigenvalue weighted by molar-refractivity contribution is 7.98. The van der Waals surface area contributed by atoms with Crippen molar-refractivity contribution in [2.45, 2.75) is 30.3 Å². The van der Waals surface area contributed by atoms with E-state index >= 15 is 0 Å². The predicted molar refractivity (Wildman–Crippen MR) is 74.2 cm³/mol. The summed E-state index contributed by atoms with van der Waals surface area (Å²) in [6, 6.07) is 2.22. The van der Waals surface area contributed by atoms with Gasteiger partial charge < -0.3 is 4.90 Å². The van der Waals surface area contributed by atoms with Gasteiger partial charge in [0, 0.05) is 23.4 Å². The van der Waals surface area contributed by atoms with Crippen molar-refractivity contribution in [3.05, 3.63) is 29.1 Å². The summed E-state index contributed by atoms with van der Waals surface area (Å²) in [5.74, 6) is -1.57. The number of carbonyl (C=O) groups is 3. The first kappa shape index (κ1) is 14.1. The topological polar surface area (TPSA) is 66.5 Å². The van der Waals surface area contributed by atoms with Crippen molar-refractivity contribution in [3.8, 4) is 0 Å². The molecule has 1 atom stereocenters. The van der Waals surface area contributed by atoms with Gasteiger partial charge in [0.2, 0.25) is 11.8 Å². The number of carbonyl (C=O) groups excluding carboxylic acids is 3. The molecule has 2 aliphatic rings. The van der Waals surface area contributed by atoms with Crippen molar-refractivity contribution in [1.29, 1.82) is 0 Å². The van der Waals surface area contributed by atoms with E-state index < -0.39 is 17.8 Å². The lowest BCUT2D eigenvalue weighted by Crippen LogP contribution is -2.52. The van der Waals surface area contributed by atoms with E-state index in [9.17, 15) is 18.8 Å². The zero-order chi connectivity index (χ0) is 15.1. The number of thioether (sulfide) groups is 1. The Bertz CT molecular complexity index is 662. The Morgan fingerprint density at radius 1 is 1.33 bits per heavy atom. The number of fused-ring (bicyclic) bond motifs is 1. The molecule has 21 heavy (non-hydrogen) atoms. The van der Waals surface area contributed by atoms with E-state index in [2.05, 4.69) is 5.32 Å². The van der Waals surface area contributed by atoms with Crippen molar-refractivity contribution in [2.75, 3.05) is 6.26 Å². The van der Waals surface area contributed by atoms with Crippen LogP contribution in [0.25, 0.3) is 0 Å². The van der Waals surface area contributed by atoms with Gasteiger partial charge in [0.05, 0.1) is 0 Å². The Morgan fingerprint density at radius 2 is 2.10 bits per heavy atom. The molecule has 2 aliphatic heterocycles.